The van der Waals surface area contributed by atoms with E-state index in [0.29, 0.717) is 6.04 Å². The first-order valence-electron chi connectivity index (χ1n) is 4.65. The number of rotatable bonds is 4. The molecular formula is C8H13F3N2S2. The molecule has 1 rings (SSSR count). The number of nitrogens with one attached hydrogen (secondary N) is 1. The van der Waals surface area contributed by atoms with Crippen LogP contribution in [0.15, 0.2) is 4.99 Å². The summed E-state index contributed by atoms with van der Waals surface area (Å²) in [6.07, 6.45) is 1.02. The summed E-state index contributed by atoms with van der Waals surface area (Å²) in [6, 6.07) is 0.420. The van der Waals surface area contributed by atoms with Gasteiger partial charge in [0.2, 0.25) is 0 Å². The van der Waals surface area contributed by atoms with E-state index in [1.165, 1.54) is 0 Å². The van der Waals surface area contributed by atoms with Gasteiger partial charge in [-0.2, -0.15) is 13.2 Å². The molecule has 0 saturated carbocycles. The van der Waals surface area contributed by atoms with Crippen LogP contribution in [0.3, 0.4) is 0 Å². The van der Waals surface area contributed by atoms with E-state index in [4.69, 9.17) is 0 Å². The summed E-state index contributed by atoms with van der Waals surface area (Å²) in [5, 5.41) is 3.94. The van der Waals surface area contributed by atoms with Crippen LogP contribution in [0.1, 0.15) is 13.3 Å². The molecule has 1 unspecified atom stereocenters. The van der Waals surface area contributed by atoms with E-state index in [2.05, 4.69) is 17.2 Å². The van der Waals surface area contributed by atoms with Gasteiger partial charge in [0.15, 0.2) is 5.17 Å². The summed E-state index contributed by atoms with van der Waals surface area (Å²) in [7, 11) is 0. The Kier molecular flexibility index (Phi) is 5.11. The van der Waals surface area contributed by atoms with Gasteiger partial charge >= 0.3 is 5.51 Å². The molecule has 0 aromatic carbocycles. The van der Waals surface area contributed by atoms with E-state index >= 15 is 0 Å². The van der Waals surface area contributed by atoms with Crippen molar-refractivity contribution in [1.82, 2.24) is 5.32 Å². The lowest BCUT2D eigenvalue weighted by Gasteiger charge is -2.05. The monoisotopic (exact) mass is 258 g/mol. The number of nitrogens with zero attached hydrogens (tertiary/aromatic N) is 1. The van der Waals surface area contributed by atoms with Gasteiger partial charge in [-0.25, -0.2) is 0 Å². The third-order valence-corrected chi connectivity index (χ3v) is 3.66. The summed E-state index contributed by atoms with van der Waals surface area (Å²) < 4.78 is 35.3. The minimum absolute atomic E-state index is 0.00791. The summed E-state index contributed by atoms with van der Waals surface area (Å²) in [5.41, 5.74) is -4.14. The first-order valence-corrected chi connectivity index (χ1v) is 6.63. The van der Waals surface area contributed by atoms with Crippen molar-refractivity contribution in [3.05, 3.63) is 0 Å². The average Bonchev–Trinajstić information content (AvgIpc) is 2.59. The molecule has 88 valence electrons. The predicted octanol–water partition coefficient (Wildman–Crippen LogP) is 2.71. The van der Waals surface area contributed by atoms with E-state index in [9.17, 15) is 13.2 Å². The molecule has 1 aliphatic heterocycles. The van der Waals surface area contributed by atoms with Gasteiger partial charge in [0.05, 0.1) is 6.54 Å². The fraction of sp³-hybridized carbons (Fsp3) is 0.875. The molecule has 1 atom stereocenters. The molecule has 0 bridgehead atoms. The Morgan fingerprint density at radius 3 is 2.87 bits per heavy atom. The van der Waals surface area contributed by atoms with Gasteiger partial charge in [-0.3, -0.25) is 4.99 Å². The molecule has 1 fully saturated rings. The molecule has 1 heterocycles. The molecule has 2 nitrogen and oxygen atoms in total. The molecule has 0 amide bonds. The minimum atomic E-state index is -4.14. The summed E-state index contributed by atoms with van der Waals surface area (Å²) in [5.74, 6) is 0.952. The number of aliphatic imine (C=N–C) groups is 1. The summed E-state index contributed by atoms with van der Waals surface area (Å²) in [6.45, 7) is 2.29. The minimum Gasteiger partial charge on any atom is -0.361 e. The molecule has 1 saturated heterocycles. The van der Waals surface area contributed by atoms with Crippen LogP contribution in [-0.2, 0) is 0 Å². The lowest BCUT2D eigenvalue weighted by molar-refractivity contribution is -0.0327. The lowest BCUT2D eigenvalue weighted by Crippen LogP contribution is -2.26. The number of alkyl halides is 3. The van der Waals surface area contributed by atoms with Crippen LogP contribution in [0.25, 0.3) is 0 Å². The third-order valence-electron chi connectivity index (χ3n) is 1.85. The molecule has 0 aromatic heterocycles. The number of halogens is 3. The van der Waals surface area contributed by atoms with Crippen molar-refractivity contribution in [3.63, 3.8) is 0 Å². The van der Waals surface area contributed by atoms with E-state index in [0.717, 1.165) is 17.3 Å². The van der Waals surface area contributed by atoms with Crippen molar-refractivity contribution in [3.8, 4) is 0 Å². The van der Waals surface area contributed by atoms with Crippen molar-refractivity contribution < 1.29 is 13.2 Å². The molecule has 0 spiro atoms. The second-order valence-corrected chi connectivity index (χ2v) is 5.21. The zero-order valence-electron chi connectivity index (χ0n) is 8.30. The number of thioether (sulfide) groups is 2. The lowest BCUT2D eigenvalue weighted by atomic mass is 10.3. The number of hydrogen-bond donors (Lipinski definition) is 1. The van der Waals surface area contributed by atoms with Crippen LogP contribution in [-0.4, -0.2) is 34.8 Å². The molecule has 15 heavy (non-hydrogen) atoms. The van der Waals surface area contributed by atoms with E-state index in [-0.39, 0.29) is 24.1 Å². The normalized spacial score (nSPS) is 24.5. The van der Waals surface area contributed by atoms with Crippen LogP contribution < -0.4 is 5.32 Å². The second-order valence-electron chi connectivity index (χ2n) is 3.04. The van der Waals surface area contributed by atoms with E-state index in [1.54, 1.807) is 11.8 Å². The molecule has 7 heteroatoms. The molecule has 0 radical (unpaired) electrons. The highest BCUT2D eigenvalue weighted by molar-refractivity contribution is 8.14. The van der Waals surface area contributed by atoms with E-state index < -0.39 is 5.51 Å². The van der Waals surface area contributed by atoms with Gasteiger partial charge < -0.3 is 5.32 Å². The maximum Gasteiger partial charge on any atom is 0.441 e. The second kappa shape index (κ2) is 5.89. The Hall–Kier alpha value is -0.0400. The van der Waals surface area contributed by atoms with Crippen molar-refractivity contribution in [2.75, 3.05) is 18.1 Å². The highest BCUT2D eigenvalue weighted by Crippen LogP contribution is 2.29. The first kappa shape index (κ1) is 13.0. The molecule has 0 aromatic rings. The van der Waals surface area contributed by atoms with Crippen LogP contribution in [0, 0.1) is 0 Å². The van der Waals surface area contributed by atoms with Crippen molar-refractivity contribution in [2.45, 2.75) is 24.9 Å². The molecule has 1 aliphatic rings. The standard InChI is InChI=1S/C8H13F3N2S2/c1-2-6-5-14-7(13-6)12-3-4-15-8(9,10)11/h6H,2-5H2,1H3,(H,12,13). The number of amidine groups is 1. The van der Waals surface area contributed by atoms with Gasteiger partial charge in [-0.15, -0.1) is 0 Å². The Bertz CT molecular complexity index is 230. The number of hydrogen-bond acceptors (Lipinski definition) is 3. The van der Waals surface area contributed by atoms with Gasteiger partial charge in [0.1, 0.15) is 0 Å². The zero-order chi connectivity index (χ0) is 11.3. The fourth-order valence-corrected chi connectivity index (χ4v) is 2.58. The third kappa shape index (κ3) is 5.55. The van der Waals surface area contributed by atoms with Crippen molar-refractivity contribution in [2.24, 2.45) is 4.99 Å². The highest BCUT2D eigenvalue weighted by Gasteiger charge is 2.27. The van der Waals surface area contributed by atoms with Gasteiger partial charge in [0, 0.05) is 17.5 Å². The maximum absolute atomic E-state index is 11.8. The van der Waals surface area contributed by atoms with Crippen LogP contribution in [0.2, 0.25) is 0 Å². The maximum atomic E-state index is 11.8. The zero-order valence-corrected chi connectivity index (χ0v) is 9.94. The van der Waals surface area contributed by atoms with Gasteiger partial charge in [-0.1, -0.05) is 18.7 Å². The Morgan fingerprint density at radius 2 is 2.33 bits per heavy atom. The quantitative estimate of drug-likeness (QED) is 0.785. The fourth-order valence-electron chi connectivity index (χ4n) is 1.06. The van der Waals surface area contributed by atoms with Gasteiger partial charge in [0.25, 0.3) is 0 Å². The topological polar surface area (TPSA) is 24.4 Å². The molecule has 1 N–H and O–H groups in total. The Balaban J connectivity index is 2.17. The van der Waals surface area contributed by atoms with Crippen molar-refractivity contribution >= 4 is 28.7 Å². The SMILES string of the molecule is CCC1CSC(=NCCSC(F)(F)F)N1. The highest BCUT2D eigenvalue weighted by atomic mass is 32.2. The average molecular weight is 258 g/mol. The molecule has 0 aliphatic carbocycles. The Labute approximate surface area is 95.5 Å². The van der Waals surface area contributed by atoms with Gasteiger partial charge in [-0.05, 0) is 18.2 Å². The van der Waals surface area contributed by atoms with Crippen LogP contribution in [0.5, 0.6) is 0 Å². The Morgan fingerprint density at radius 1 is 1.60 bits per heavy atom. The van der Waals surface area contributed by atoms with Crippen LogP contribution >= 0.6 is 23.5 Å². The largest absolute Gasteiger partial charge is 0.441 e. The predicted molar refractivity (Wildman–Crippen MR) is 60.5 cm³/mol. The smallest absolute Gasteiger partial charge is 0.361 e. The van der Waals surface area contributed by atoms with Crippen LogP contribution in [0.4, 0.5) is 13.2 Å². The summed E-state index contributed by atoms with van der Waals surface area (Å²) in [4.78, 5) is 4.07. The first-order chi connectivity index (χ1) is 7.01. The van der Waals surface area contributed by atoms with E-state index in [1.807, 2.05) is 0 Å². The molecular weight excluding hydrogens is 245 g/mol. The van der Waals surface area contributed by atoms with Crippen molar-refractivity contribution in [1.29, 1.82) is 0 Å². The summed E-state index contributed by atoms with van der Waals surface area (Å²) >= 11 is 1.56.